The van der Waals surface area contributed by atoms with Gasteiger partial charge < -0.3 is 20.7 Å². The van der Waals surface area contributed by atoms with Gasteiger partial charge in [-0.05, 0) is 37.0 Å². The summed E-state index contributed by atoms with van der Waals surface area (Å²) in [6.45, 7) is 0. The van der Waals surface area contributed by atoms with Gasteiger partial charge in [0.25, 0.3) is 5.91 Å². The highest BCUT2D eigenvalue weighted by atomic mass is 35.5. The fourth-order valence-corrected chi connectivity index (χ4v) is 3.13. The number of benzene rings is 1. The first-order valence-corrected chi connectivity index (χ1v) is 8.40. The first-order valence-electron chi connectivity index (χ1n) is 8.40. The van der Waals surface area contributed by atoms with Crippen LogP contribution in [0, 0.1) is 5.92 Å². The maximum Gasteiger partial charge on any atom is 0.257 e. The van der Waals surface area contributed by atoms with E-state index in [1.807, 2.05) is 0 Å². The van der Waals surface area contributed by atoms with E-state index in [2.05, 4.69) is 5.32 Å². The molecule has 0 saturated heterocycles. The van der Waals surface area contributed by atoms with Crippen LogP contribution in [0.1, 0.15) is 42.5 Å². The van der Waals surface area contributed by atoms with E-state index in [4.69, 9.17) is 10.5 Å². The minimum absolute atomic E-state index is 0. The van der Waals surface area contributed by atoms with Crippen molar-refractivity contribution in [3.05, 3.63) is 23.8 Å². The van der Waals surface area contributed by atoms with Gasteiger partial charge in [-0.1, -0.05) is 19.3 Å². The second kappa shape index (κ2) is 9.63. The van der Waals surface area contributed by atoms with Gasteiger partial charge in [-0.3, -0.25) is 9.59 Å². The van der Waals surface area contributed by atoms with Crippen molar-refractivity contribution in [1.29, 1.82) is 0 Å². The molecule has 7 heteroatoms. The molecule has 25 heavy (non-hydrogen) atoms. The van der Waals surface area contributed by atoms with Crippen LogP contribution >= 0.6 is 12.4 Å². The van der Waals surface area contributed by atoms with Crippen molar-refractivity contribution in [2.24, 2.45) is 11.7 Å². The number of nitrogens with zero attached hydrogens (tertiary/aromatic N) is 1. The normalized spacial score (nSPS) is 15.7. The zero-order chi connectivity index (χ0) is 17.7. The number of ether oxygens (including phenoxy) is 1. The molecule has 0 bridgehead atoms. The Labute approximate surface area is 155 Å². The smallest absolute Gasteiger partial charge is 0.257 e. The van der Waals surface area contributed by atoms with Crippen LogP contribution in [0.25, 0.3) is 0 Å². The predicted octanol–water partition coefficient (Wildman–Crippen LogP) is 2.66. The van der Waals surface area contributed by atoms with Gasteiger partial charge in [0.05, 0.1) is 18.7 Å². The summed E-state index contributed by atoms with van der Waals surface area (Å²) < 4.78 is 5.23. The van der Waals surface area contributed by atoms with Crippen molar-refractivity contribution in [2.45, 2.75) is 38.1 Å². The molecule has 1 fully saturated rings. The van der Waals surface area contributed by atoms with Gasteiger partial charge in [0.15, 0.2) is 0 Å². The predicted molar refractivity (Wildman–Crippen MR) is 101 cm³/mol. The number of hydrogen-bond donors (Lipinski definition) is 2. The first-order chi connectivity index (χ1) is 11.4. The van der Waals surface area contributed by atoms with E-state index in [1.165, 1.54) is 18.4 Å². The first kappa shape index (κ1) is 21.3. The third kappa shape index (κ3) is 5.34. The number of nitrogens with two attached hydrogens (primary N) is 1. The van der Waals surface area contributed by atoms with Crippen LogP contribution in [0.3, 0.4) is 0 Å². The quantitative estimate of drug-likeness (QED) is 0.835. The third-order valence-electron chi connectivity index (χ3n) is 4.56. The molecular weight excluding hydrogens is 342 g/mol. The Morgan fingerprint density at radius 3 is 2.44 bits per heavy atom. The average molecular weight is 370 g/mol. The van der Waals surface area contributed by atoms with E-state index in [1.54, 1.807) is 32.3 Å². The molecular formula is C18H28ClN3O3. The van der Waals surface area contributed by atoms with Crippen LogP contribution in [0.15, 0.2) is 18.2 Å². The molecule has 1 aliphatic carbocycles. The van der Waals surface area contributed by atoms with Crippen molar-refractivity contribution < 1.29 is 14.3 Å². The molecule has 1 aromatic rings. The summed E-state index contributed by atoms with van der Waals surface area (Å²) in [6, 6.07) is 4.52. The molecule has 2 amide bonds. The average Bonchev–Trinajstić information content (AvgIpc) is 2.60. The number of anilines is 1. The standard InChI is InChI=1S/C18H27N3O3.ClH/c1-21(2)18(23)14-11-13(9-10-15(14)24-3)20-17(22)16(19)12-7-5-4-6-8-12;/h9-12,16H,4-8,19H2,1-3H3,(H,20,22);1H/t16-;/m0./s1. The van der Waals surface area contributed by atoms with Gasteiger partial charge in [-0.25, -0.2) is 0 Å². The summed E-state index contributed by atoms with van der Waals surface area (Å²) in [5.74, 6) is 0.331. The Balaban J connectivity index is 0.00000312. The van der Waals surface area contributed by atoms with Gasteiger partial charge in [-0.2, -0.15) is 0 Å². The van der Waals surface area contributed by atoms with E-state index >= 15 is 0 Å². The largest absolute Gasteiger partial charge is 0.496 e. The number of nitrogens with one attached hydrogen (secondary N) is 1. The van der Waals surface area contributed by atoms with Gasteiger partial charge in [0, 0.05) is 19.8 Å². The van der Waals surface area contributed by atoms with E-state index in [-0.39, 0.29) is 30.1 Å². The molecule has 2 rings (SSSR count). The van der Waals surface area contributed by atoms with Gasteiger partial charge in [0.1, 0.15) is 5.75 Å². The van der Waals surface area contributed by atoms with Gasteiger partial charge in [0.2, 0.25) is 5.91 Å². The van der Waals surface area contributed by atoms with E-state index in [0.717, 1.165) is 25.7 Å². The lowest BCUT2D eigenvalue weighted by molar-refractivity contribution is -0.118. The summed E-state index contributed by atoms with van der Waals surface area (Å²) in [5.41, 5.74) is 7.09. The molecule has 140 valence electrons. The van der Waals surface area contributed by atoms with E-state index in [0.29, 0.717) is 17.0 Å². The molecule has 1 aromatic carbocycles. The Hall–Kier alpha value is -1.79. The lowest BCUT2D eigenvalue weighted by Crippen LogP contribution is -2.42. The molecule has 0 unspecified atom stereocenters. The van der Waals surface area contributed by atoms with Crippen LogP contribution in [0.2, 0.25) is 0 Å². The molecule has 0 aliphatic heterocycles. The number of carbonyl (C=O) groups excluding carboxylic acids is 2. The fourth-order valence-electron chi connectivity index (χ4n) is 3.13. The topological polar surface area (TPSA) is 84.7 Å². The molecule has 3 N–H and O–H groups in total. The lowest BCUT2D eigenvalue weighted by atomic mass is 9.84. The van der Waals surface area contributed by atoms with Crippen molar-refractivity contribution >= 4 is 29.9 Å². The van der Waals surface area contributed by atoms with Crippen LogP contribution in [0.5, 0.6) is 5.75 Å². The molecule has 0 radical (unpaired) electrons. The summed E-state index contributed by atoms with van der Waals surface area (Å²) in [6.07, 6.45) is 5.49. The van der Waals surface area contributed by atoms with Crippen molar-refractivity contribution in [3.8, 4) is 5.75 Å². The Bertz CT molecular complexity index is 601. The fraction of sp³-hybridized carbons (Fsp3) is 0.556. The highest BCUT2D eigenvalue weighted by Gasteiger charge is 2.26. The Kier molecular flexibility index (Phi) is 8.19. The van der Waals surface area contributed by atoms with Crippen LogP contribution in [0.4, 0.5) is 5.69 Å². The summed E-state index contributed by atoms with van der Waals surface area (Å²) in [4.78, 5) is 26.1. The molecule has 1 atom stereocenters. The minimum atomic E-state index is -0.514. The number of methoxy groups -OCH3 is 1. The number of rotatable bonds is 5. The highest BCUT2D eigenvalue weighted by molar-refractivity contribution is 6.00. The van der Waals surface area contributed by atoms with Crippen LogP contribution in [-0.4, -0.2) is 44.0 Å². The molecule has 1 aliphatic rings. The molecule has 0 aromatic heterocycles. The van der Waals surface area contributed by atoms with Gasteiger partial charge >= 0.3 is 0 Å². The maximum absolute atomic E-state index is 12.4. The van der Waals surface area contributed by atoms with Crippen molar-refractivity contribution in [1.82, 2.24) is 4.90 Å². The van der Waals surface area contributed by atoms with Crippen LogP contribution in [-0.2, 0) is 4.79 Å². The van der Waals surface area contributed by atoms with Crippen molar-refractivity contribution in [2.75, 3.05) is 26.5 Å². The number of hydrogen-bond acceptors (Lipinski definition) is 4. The number of carbonyl (C=O) groups is 2. The zero-order valence-corrected chi connectivity index (χ0v) is 15.9. The van der Waals surface area contributed by atoms with Crippen LogP contribution < -0.4 is 15.8 Å². The Morgan fingerprint density at radius 1 is 1.24 bits per heavy atom. The summed E-state index contributed by atoms with van der Waals surface area (Å²) in [7, 11) is 4.86. The third-order valence-corrected chi connectivity index (χ3v) is 4.56. The highest BCUT2D eigenvalue weighted by Crippen LogP contribution is 2.27. The number of amides is 2. The van der Waals surface area contributed by atoms with Crippen molar-refractivity contribution in [3.63, 3.8) is 0 Å². The summed E-state index contributed by atoms with van der Waals surface area (Å²) >= 11 is 0. The minimum Gasteiger partial charge on any atom is -0.496 e. The van der Waals surface area contributed by atoms with E-state index in [9.17, 15) is 9.59 Å². The second-order valence-corrected chi connectivity index (χ2v) is 6.53. The molecule has 1 saturated carbocycles. The van der Waals surface area contributed by atoms with Gasteiger partial charge in [-0.15, -0.1) is 12.4 Å². The van der Waals surface area contributed by atoms with E-state index < -0.39 is 6.04 Å². The number of halogens is 1. The second-order valence-electron chi connectivity index (χ2n) is 6.53. The summed E-state index contributed by atoms with van der Waals surface area (Å²) in [5, 5.41) is 2.83. The molecule has 0 heterocycles. The monoisotopic (exact) mass is 369 g/mol. The molecule has 6 nitrogen and oxygen atoms in total. The maximum atomic E-state index is 12.4. The molecule has 0 spiro atoms. The Morgan fingerprint density at radius 2 is 1.88 bits per heavy atom. The lowest BCUT2D eigenvalue weighted by Gasteiger charge is -2.26. The SMILES string of the molecule is COc1ccc(NC(=O)[C@@H](N)C2CCCCC2)cc1C(=O)N(C)C.Cl. The zero-order valence-electron chi connectivity index (χ0n) is 15.1.